The molecule has 8 nitrogen and oxygen atoms in total. The fraction of sp³-hybridized carbons (Fsp3) is 0.190. The molecule has 0 fully saturated rings. The van der Waals surface area contributed by atoms with Crippen LogP contribution in [0.1, 0.15) is 5.56 Å². The van der Waals surface area contributed by atoms with Crippen molar-refractivity contribution in [3.8, 4) is 17.2 Å². The fourth-order valence-corrected chi connectivity index (χ4v) is 2.89. The highest BCUT2D eigenvalue weighted by molar-refractivity contribution is 6.54. The van der Waals surface area contributed by atoms with Gasteiger partial charge in [0.05, 0.1) is 39.7 Å². The molecule has 1 aliphatic heterocycles. The molecule has 2 aromatic carbocycles. The molecule has 0 saturated carbocycles. The molecule has 2 aromatic rings. The lowest BCUT2D eigenvalue weighted by Crippen LogP contribution is -2.22. The van der Waals surface area contributed by atoms with Crippen LogP contribution in [0.2, 0.25) is 0 Å². The Morgan fingerprint density at radius 1 is 0.966 bits per heavy atom. The molecule has 0 spiro atoms. The van der Waals surface area contributed by atoms with Crippen LogP contribution in [0.15, 0.2) is 53.1 Å². The van der Waals surface area contributed by atoms with Crippen molar-refractivity contribution in [2.45, 2.75) is 0 Å². The van der Waals surface area contributed by atoms with Crippen molar-refractivity contribution in [2.24, 2.45) is 5.10 Å². The molecule has 8 heteroatoms. The van der Waals surface area contributed by atoms with E-state index in [-0.39, 0.29) is 11.3 Å². The summed E-state index contributed by atoms with van der Waals surface area (Å²) in [6.07, 6.45) is 1.53. The summed E-state index contributed by atoms with van der Waals surface area (Å²) in [4.78, 5) is 25.3. The Morgan fingerprint density at radius 2 is 1.59 bits per heavy atom. The molecule has 3 rings (SSSR count). The minimum atomic E-state index is -0.713. The van der Waals surface area contributed by atoms with Gasteiger partial charge >= 0.3 is 5.97 Å². The van der Waals surface area contributed by atoms with Gasteiger partial charge in [-0.3, -0.25) is 4.79 Å². The largest absolute Gasteiger partial charge is 0.493 e. The summed E-state index contributed by atoms with van der Waals surface area (Å²) in [5, 5.41) is 5.34. The van der Waals surface area contributed by atoms with Gasteiger partial charge in [-0.05, 0) is 35.9 Å². The number of benzene rings is 2. The second-order valence-corrected chi connectivity index (χ2v) is 5.91. The number of para-hydroxylation sites is 1. The summed E-state index contributed by atoms with van der Waals surface area (Å²) in [5.41, 5.74) is 1.10. The Morgan fingerprint density at radius 3 is 2.10 bits per heavy atom. The first-order valence-electron chi connectivity index (χ1n) is 8.62. The summed E-state index contributed by atoms with van der Waals surface area (Å²) in [7, 11) is 5.72. The van der Waals surface area contributed by atoms with E-state index in [9.17, 15) is 9.59 Å². The Bertz CT molecular complexity index is 972. The van der Waals surface area contributed by atoms with Crippen LogP contribution in [0, 0.1) is 0 Å². The third-order valence-electron chi connectivity index (χ3n) is 4.26. The normalized spacial score (nSPS) is 14.6. The summed E-state index contributed by atoms with van der Waals surface area (Å²) in [6, 6.07) is 12.1. The van der Waals surface area contributed by atoms with Crippen LogP contribution in [0.3, 0.4) is 0 Å². The molecule has 1 amide bonds. The maximum atomic E-state index is 13.0. The lowest BCUT2D eigenvalue weighted by Gasteiger charge is -2.13. The summed E-state index contributed by atoms with van der Waals surface area (Å²) in [5.74, 6) is 0.0877. The predicted octanol–water partition coefficient (Wildman–Crippen LogP) is 2.67. The predicted molar refractivity (Wildman–Crippen MR) is 107 cm³/mol. The SMILES string of the molecule is COC(=O)C1=NN(c2ccccc2)C(=O)/C1=C\c1cc(OC)c(OC)c(OC)c1. The smallest absolute Gasteiger partial charge is 0.359 e. The van der Waals surface area contributed by atoms with Crippen LogP contribution in [0.25, 0.3) is 6.08 Å². The summed E-state index contributed by atoms with van der Waals surface area (Å²) >= 11 is 0. The highest BCUT2D eigenvalue weighted by Crippen LogP contribution is 2.39. The quantitative estimate of drug-likeness (QED) is 0.551. The molecule has 1 aliphatic rings. The van der Waals surface area contributed by atoms with Crippen molar-refractivity contribution in [2.75, 3.05) is 33.4 Å². The number of ether oxygens (including phenoxy) is 4. The van der Waals surface area contributed by atoms with E-state index in [0.717, 1.165) is 5.01 Å². The molecule has 150 valence electrons. The van der Waals surface area contributed by atoms with Gasteiger partial charge in [0.25, 0.3) is 5.91 Å². The average Bonchev–Trinajstić information content (AvgIpc) is 3.09. The monoisotopic (exact) mass is 396 g/mol. The van der Waals surface area contributed by atoms with Gasteiger partial charge in [0.2, 0.25) is 5.75 Å². The third kappa shape index (κ3) is 3.77. The molecule has 1 heterocycles. The van der Waals surface area contributed by atoms with Crippen molar-refractivity contribution in [3.63, 3.8) is 0 Å². The van der Waals surface area contributed by atoms with Crippen LogP contribution in [-0.4, -0.2) is 46.0 Å². The number of amides is 1. The van der Waals surface area contributed by atoms with E-state index in [0.29, 0.717) is 28.5 Å². The van der Waals surface area contributed by atoms with Gasteiger partial charge in [0, 0.05) is 0 Å². The Kier molecular flexibility index (Phi) is 5.82. The number of carbonyl (C=O) groups is 2. The summed E-state index contributed by atoms with van der Waals surface area (Å²) in [6.45, 7) is 0. The summed E-state index contributed by atoms with van der Waals surface area (Å²) < 4.78 is 20.8. The topological polar surface area (TPSA) is 86.7 Å². The zero-order chi connectivity index (χ0) is 21.0. The van der Waals surface area contributed by atoms with Crippen LogP contribution in [0.4, 0.5) is 5.69 Å². The molecular formula is C21H20N2O6. The zero-order valence-electron chi connectivity index (χ0n) is 16.5. The van der Waals surface area contributed by atoms with Crippen molar-refractivity contribution in [1.82, 2.24) is 0 Å². The third-order valence-corrected chi connectivity index (χ3v) is 4.26. The number of rotatable bonds is 6. The molecule has 0 radical (unpaired) electrons. The number of hydrogen-bond donors (Lipinski definition) is 0. The molecule has 0 saturated heterocycles. The van der Waals surface area contributed by atoms with Gasteiger partial charge in [-0.1, -0.05) is 18.2 Å². The molecule has 0 bridgehead atoms. The van der Waals surface area contributed by atoms with E-state index in [2.05, 4.69) is 5.10 Å². The van der Waals surface area contributed by atoms with Gasteiger partial charge in [0.1, 0.15) is 0 Å². The molecule has 0 unspecified atom stereocenters. The number of carbonyl (C=O) groups excluding carboxylic acids is 2. The molecule has 0 N–H and O–H groups in total. The van der Waals surface area contributed by atoms with Crippen molar-refractivity contribution in [1.29, 1.82) is 0 Å². The second kappa shape index (κ2) is 8.47. The number of nitrogens with zero attached hydrogens (tertiary/aromatic N) is 2. The molecular weight excluding hydrogens is 376 g/mol. The number of hydrogen-bond acceptors (Lipinski definition) is 7. The standard InChI is InChI=1S/C21H20N2O6/c1-26-16-11-13(12-17(27-2)19(16)28-3)10-15-18(21(25)29-4)22-23(20(15)24)14-8-6-5-7-9-14/h5-12H,1-4H3/b15-10-. The second-order valence-electron chi connectivity index (χ2n) is 5.91. The lowest BCUT2D eigenvalue weighted by molar-refractivity contribution is -0.132. The molecule has 29 heavy (non-hydrogen) atoms. The highest BCUT2D eigenvalue weighted by Gasteiger charge is 2.35. The van der Waals surface area contributed by atoms with Gasteiger partial charge in [-0.15, -0.1) is 0 Å². The Hall–Kier alpha value is -3.81. The van der Waals surface area contributed by atoms with E-state index >= 15 is 0 Å². The van der Waals surface area contributed by atoms with Gasteiger partial charge in [-0.2, -0.15) is 10.1 Å². The van der Waals surface area contributed by atoms with Gasteiger partial charge < -0.3 is 18.9 Å². The highest BCUT2D eigenvalue weighted by atomic mass is 16.5. The maximum Gasteiger partial charge on any atom is 0.359 e. The van der Waals surface area contributed by atoms with E-state index in [1.807, 2.05) is 6.07 Å². The maximum absolute atomic E-state index is 13.0. The number of methoxy groups -OCH3 is 4. The van der Waals surface area contributed by atoms with Crippen LogP contribution in [0.5, 0.6) is 17.2 Å². The van der Waals surface area contributed by atoms with E-state index < -0.39 is 11.9 Å². The fourth-order valence-electron chi connectivity index (χ4n) is 2.89. The first-order valence-corrected chi connectivity index (χ1v) is 8.62. The molecule has 0 atom stereocenters. The van der Waals surface area contributed by atoms with Gasteiger partial charge in [-0.25, -0.2) is 4.79 Å². The Balaban J connectivity index is 2.11. The number of esters is 1. The lowest BCUT2D eigenvalue weighted by atomic mass is 10.1. The van der Waals surface area contributed by atoms with Crippen molar-refractivity contribution >= 4 is 29.4 Å². The van der Waals surface area contributed by atoms with E-state index in [1.165, 1.54) is 34.5 Å². The Labute approximate surface area is 167 Å². The first-order chi connectivity index (χ1) is 14.0. The molecule has 0 aromatic heterocycles. The van der Waals surface area contributed by atoms with Gasteiger partial charge in [0.15, 0.2) is 17.2 Å². The van der Waals surface area contributed by atoms with Crippen molar-refractivity contribution < 1.29 is 28.5 Å². The number of hydrazone groups is 1. The van der Waals surface area contributed by atoms with Crippen LogP contribution < -0.4 is 19.2 Å². The minimum Gasteiger partial charge on any atom is -0.493 e. The molecule has 0 aliphatic carbocycles. The van der Waals surface area contributed by atoms with E-state index in [1.54, 1.807) is 36.4 Å². The average molecular weight is 396 g/mol. The van der Waals surface area contributed by atoms with E-state index in [4.69, 9.17) is 18.9 Å². The first kappa shape index (κ1) is 19.9. The number of anilines is 1. The van der Waals surface area contributed by atoms with Crippen molar-refractivity contribution in [3.05, 3.63) is 53.6 Å². The van der Waals surface area contributed by atoms with Crippen LogP contribution >= 0.6 is 0 Å². The van der Waals surface area contributed by atoms with Crippen LogP contribution in [-0.2, 0) is 14.3 Å². The minimum absolute atomic E-state index is 0.0879. The zero-order valence-corrected chi connectivity index (χ0v) is 16.5.